The average Bonchev–Trinajstić information content (AvgIpc) is 1.94. The van der Waals surface area contributed by atoms with E-state index < -0.39 is 0 Å². The molecule has 0 spiro atoms. The maximum Gasteiger partial charge on any atom is 0.225 e. The van der Waals surface area contributed by atoms with E-state index in [1.54, 1.807) is 11.8 Å². The summed E-state index contributed by atoms with van der Waals surface area (Å²) in [6, 6.07) is 0. The first-order chi connectivity index (χ1) is 5.11. The van der Waals surface area contributed by atoms with E-state index in [4.69, 9.17) is 0 Å². The van der Waals surface area contributed by atoms with E-state index in [1.807, 2.05) is 14.1 Å². The van der Waals surface area contributed by atoms with E-state index in [9.17, 15) is 4.39 Å². The van der Waals surface area contributed by atoms with Crippen molar-refractivity contribution in [2.45, 2.75) is 6.92 Å². The predicted molar refractivity (Wildman–Crippen MR) is 41.1 cm³/mol. The number of rotatable bonds is 1. The van der Waals surface area contributed by atoms with E-state index in [0.717, 1.165) is 0 Å². The third-order valence-corrected chi connectivity index (χ3v) is 1.31. The van der Waals surface area contributed by atoms with Gasteiger partial charge in [-0.05, 0) is 6.92 Å². The molecule has 4 heteroatoms. The predicted octanol–water partition coefficient (Wildman–Crippen LogP) is 0.990. The Hall–Kier alpha value is -1.19. The third kappa shape index (κ3) is 1.63. The summed E-state index contributed by atoms with van der Waals surface area (Å²) in [4.78, 5) is 9.42. The maximum absolute atomic E-state index is 12.6. The molecule has 0 aliphatic heterocycles. The highest BCUT2D eigenvalue weighted by molar-refractivity contribution is 5.27. The standard InChI is InChI=1S/C7H10FN3/c1-5-6(8)4-9-7(10-5)11(2)3/h4H,1-3H3. The number of aryl methyl sites for hydroxylation is 1. The molecular weight excluding hydrogens is 145 g/mol. The van der Waals surface area contributed by atoms with Crippen LogP contribution in [-0.2, 0) is 0 Å². The zero-order valence-electron chi connectivity index (χ0n) is 6.80. The van der Waals surface area contributed by atoms with Crippen molar-refractivity contribution in [1.82, 2.24) is 9.97 Å². The first-order valence-corrected chi connectivity index (χ1v) is 3.27. The zero-order chi connectivity index (χ0) is 8.43. The van der Waals surface area contributed by atoms with Crippen molar-refractivity contribution in [3.8, 4) is 0 Å². The van der Waals surface area contributed by atoms with Crippen LogP contribution in [0.3, 0.4) is 0 Å². The van der Waals surface area contributed by atoms with Crippen LogP contribution in [0.4, 0.5) is 10.3 Å². The van der Waals surface area contributed by atoms with Gasteiger partial charge in [-0.1, -0.05) is 0 Å². The van der Waals surface area contributed by atoms with Gasteiger partial charge in [0.15, 0.2) is 5.82 Å². The highest BCUT2D eigenvalue weighted by Gasteiger charge is 2.02. The summed E-state index contributed by atoms with van der Waals surface area (Å²) in [6.45, 7) is 1.62. The minimum atomic E-state index is -0.365. The second kappa shape index (κ2) is 2.82. The Balaban J connectivity index is 3.05. The fourth-order valence-electron chi connectivity index (χ4n) is 0.656. The highest BCUT2D eigenvalue weighted by Crippen LogP contribution is 2.05. The van der Waals surface area contributed by atoms with Gasteiger partial charge >= 0.3 is 0 Å². The largest absolute Gasteiger partial charge is 0.347 e. The molecule has 1 aromatic rings. The first-order valence-electron chi connectivity index (χ1n) is 3.27. The van der Waals surface area contributed by atoms with Gasteiger partial charge in [-0.15, -0.1) is 0 Å². The third-order valence-electron chi connectivity index (χ3n) is 1.31. The molecular formula is C7H10FN3. The Kier molecular flexibility index (Phi) is 2.03. The number of halogens is 1. The monoisotopic (exact) mass is 155 g/mol. The lowest BCUT2D eigenvalue weighted by atomic mass is 10.4. The van der Waals surface area contributed by atoms with Crippen molar-refractivity contribution < 1.29 is 4.39 Å². The molecule has 0 fully saturated rings. The molecule has 0 unspecified atom stereocenters. The minimum Gasteiger partial charge on any atom is -0.347 e. The number of aromatic nitrogens is 2. The molecule has 0 aliphatic carbocycles. The Morgan fingerprint density at radius 3 is 2.55 bits per heavy atom. The maximum atomic E-state index is 12.6. The van der Waals surface area contributed by atoms with Crippen molar-refractivity contribution in [3.63, 3.8) is 0 Å². The molecule has 0 atom stereocenters. The number of anilines is 1. The van der Waals surface area contributed by atoms with Gasteiger partial charge in [-0.2, -0.15) is 0 Å². The van der Waals surface area contributed by atoms with Gasteiger partial charge in [0.1, 0.15) is 0 Å². The number of hydrogen-bond acceptors (Lipinski definition) is 3. The smallest absolute Gasteiger partial charge is 0.225 e. The van der Waals surface area contributed by atoms with Crippen LogP contribution in [0.25, 0.3) is 0 Å². The van der Waals surface area contributed by atoms with Gasteiger partial charge in [0.25, 0.3) is 0 Å². The molecule has 1 rings (SSSR count). The second-order valence-electron chi connectivity index (χ2n) is 2.50. The lowest BCUT2D eigenvalue weighted by molar-refractivity contribution is 0.601. The molecule has 0 saturated heterocycles. The fraction of sp³-hybridized carbons (Fsp3) is 0.429. The molecule has 0 N–H and O–H groups in total. The Labute approximate surface area is 64.9 Å². The second-order valence-corrected chi connectivity index (χ2v) is 2.50. The SMILES string of the molecule is Cc1nc(N(C)C)ncc1F. The highest BCUT2D eigenvalue weighted by atomic mass is 19.1. The molecule has 0 aromatic carbocycles. The molecule has 1 aromatic heterocycles. The molecule has 0 aliphatic rings. The topological polar surface area (TPSA) is 29.0 Å². The van der Waals surface area contributed by atoms with E-state index in [0.29, 0.717) is 11.6 Å². The summed E-state index contributed by atoms with van der Waals surface area (Å²) in [6.07, 6.45) is 1.18. The van der Waals surface area contributed by atoms with Crippen molar-refractivity contribution in [3.05, 3.63) is 17.7 Å². The number of hydrogen-bond donors (Lipinski definition) is 0. The van der Waals surface area contributed by atoms with Crippen LogP contribution in [0.2, 0.25) is 0 Å². The lowest BCUT2D eigenvalue weighted by Gasteiger charge is -2.09. The van der Waals surface area contributed by atoms with E-state index in [2.05, 4.69) is 9.97 Å². The molecule has 0 bridgehead atoms. The Bertz CT molecular complexity index is 260. The summed E-state index contributed by atoms with van der Waals surface area (Å²) in [5, 5.41) is 0. The lowest BCUT2D eigenvalue weighted by Crippen LogP contribution is -2.13. The van der Waals surface area contributed by atoms with Crippen molar-refractivity contribution >= 4 is 5.95 Å². The van der Waals surface area contributed by atoms with Crippen LogP contribution < -0.4 is 4.90 Å². The summed E-state index contributed by atoms with van der Waals surface area (Å²) in [5.41, 5.74) is 0.378. The zero-order valence-corrected chi connectivity index (χ0v) is 6.80. The van der Waals surface area contributed by atoms with E-state index in [1.165, 1.54) is 6.20 Å². The normalized spacial score (nSPS) is 9.82. The van der Waals surface area contributed by atoms with E-state index >= 15 is 0 Å². The summed E-state index contributed by atoms with van der Waals surface area (Å²) in [5.74, 6) is 0.166. The minimum absolute atomic E-state index is 0.365. The molecule has 0 radical (unpaired) electrons. The Morgan fingerprint density at radius 1 is 1.45 bits per heavy atom. The molecule has 60 valence electrons. The quantitative estimate of drug-likeness (QED) is 0.605. The van der Waals surface area contributed by atoms with Gasteiger partial charge in [0, 0.05) is 14.1 Å². The fourth-order valence-corrected chi connectivity index (χ4v) is 0.656. The van der Waals surface area contributed by atoms with Crippen molar-refractivity contribution in [2.24, 2.45) is 0 Å². The van der Waals surface area contributed by atoms with Crippen LogP contribution in [0.5, 0.6) is 0 Å². The van der Waals surface area contributed by atoms with Crippen LogP contribution in [0, 0.1) is 12.7 Å². The molecule has 0 amide bonds. The summed E-state index contributed by atoms with van der Waals surface area (Å²) < 4.78 is 12.6. The van der Waals surface area contributed by atoms with Gasteiger partial charge in [0.05, 0.1) is 11.9 Å². The molecule has 3 nitrogen and oxygen atoms in total. The van der Waals surface area contributed by atoms with Gasteiger partial charge < -0.3 is 4.90 Å². The van der Waals surface area contributed by atoms with Crippen LogP contribution in [-0.4, -0.2) is 24.1 Å². The molecule has 11 heavy (non-hydrogen) atoms. The molecule has 1 heterocycles. The van der Waals surface area contributed by atoms with E-state index in [-0.39, 0.29) is 5.82 Å². The Morgan fingerprint density at radius 2 is 2.09 bits per heavy atom. The summed E-state index contributed by atoms with van der Waals surface area (Å²) >= 11 is 0. The van der Waals surface area contributed by atoms with Crippen LogP contribution >= 0.6 is 0 Å². The molecule has 0 saturated carbocycles. The number of nitrogens with zero attached hydrogens (tertiary/aromatic N) is 3. The van der Waals surface area contributed by atoms with Gasteiger partial charge in [0.2, 0.25) is 5.95 Å². The average molecular weight is 155 g/mol. The first kappa shape index (κ1) is 7.91. The van der Waals surface area contributed by atoms with Crippen LogP contribution in [0.1, 0.15) is 5.69 Å². The summed E-state index contributed by atoms with van der Waals surface area (Å²) in [7, 11) is 3.62. The van der Waals surface area contributed by atoms with Crippen LogP contribution in [0.15, 0.2) is 6.20 Å². The van der Waals surface area contributed by atoms with Gasteiger partial charge in [-0.25, -0.2) is 14.4 Å². The van der Waals surface area contributed by atoms with Crippen molar-refractivity contribution in [1.29, 1.82) is 0 Å². The van der Waals surface area contributed by atoms with Crippen molar-refractivity contribution in [2.75, 3.05) is 19.0 Å². The van der Waals surface area contributed by atoms with Gasteiger partial charge in [-0.3, -0.25) is 0 Å².